The van der Waals surface area contributed by atoms with E-state index in [-0.39, 0.29) is 5.12 Å². The fourth-order valence-electron chi connectivity index (χ4n) is 2.34. The predicted octanol–water partition coefficient (Wildman–Crippen LogP) is 3.70. The van der Waals surface area contributed by atoms with E-state index in [4.69, 9.17) is 0 Å². The van der Waals surface area contributed by atoms with Gasteiger partial charge in [-0.15, -0.1) is 0 Å². The molecule has 2 nitrogen and oxygen atoms in total. The molecule has 1 saturated heterocycles. The molecule has 0 aromatic heterocycles. The smallest absolute Gasteiger partial charge is 0.185 e. The maximum Gasteiger partial charge on any atom is 0.185 e. The molecule has 106 valence electrons. The Balaban J connectivity index is 1.92. The van der Waals surface area contributed by atoms with Crippen LogP contribution in [-0.4, -0.2) is 24.0 Å². The third kappa shape index (κ3) is 4.94. The molecule has 0 aliphatic carbocycles. The van der Waals surface area contributed by atoms with E-state index in [0.717, 1.165) is 30.8 Å². The Kier molecular flexibility index (Phi) is 6.01. The first-order valence-corrected chi connectivity index (χ1v) is 8.21. The zero-order chi connectivity index (χ0) is 14.2. The minimum atomic E-state index is 0.166. The van der Waals surface area contributed by atoms with E-state index >= 15 is 0 Å². The molecular formula is C17H21NOS. The van der Waals surface area contributed by atoms with Crippen molar-refractivity contribution in [1.29, 1.82) is 0 Å². The number of carbonyl (C=O) groups excluding carboxylic acids is 1. The molecule has 1 aliphatic heterocycles. The Bertz CT molecular complexity index is 509. The normalized spacial score (nSPS) is 14.6. The van der Waals surface area contributed by atoms with Crippen LogP contribution in [0.2, 0.25) is 0 Å². The number of hydrogen-bond donors (Lipinski definition) is 0. The van der Waals surface area contributed by atoms with Crippen LogP contribution in [0.3, 0.4) is 0 Å². The van der Waals surface area contributed by atoms with Gasteiger partial charge in [-0.25, -0.2) is 0 Å². The molecule has 20 heavy (non-hydrogen) atoms. The second-order valence-corrected chi connectivity index (χ2v) is 6.26. The molecule has 0 N–H and O–H groups in total. The summed E-state index contributed by atoms with van der Waals surface area (Å²) in [6, 6.07) is 8.48. The highest BCUT2D eigenvalue weighted by molar-refractivity contribution is 8.13. The number of nitrogens with zero attached hydrogens (tertiary/aromatic N) is 1. The number of anilines is 1. The van der Waals surface area contributed by atoms with Crippen molar-refractivity contribution in [3.63, 3.8) is 0 Å². The van der Waals surface area contributed by atoms with E-state index in [1.807, 2.05) is 0 Å². The van der Waals surface area contributed by atoms with Gasteiger partial charge in [-0.1, -0.05) is 29.7 Å². The molecule has 2 rings (SSSR count). The largest absolute Gasteiger partial charge is 0.372 e. The van der Waals surface area contributed by atoms with Crippen LogP contribution in [0, 0.1) is 11.8 Å². The Morgan fingerprint density at radius 1 is 1.30 bits per heavy atom. The van der Waals surface area contributed by atoms with Crippen LogP contribution < -0.4 is 4.90 Å². The summed E-state index contributed by atoms with van der Waals surface area (Å²) in [6.07, 6.45) is 4.69. The highest BCUT2D eigenvalue weighted by Crippen LogP contribution is 2.20. The molecule has 1 heterocycles. The number of piperidine rings is 1. The van der Waals surface area contributed by atoms with E-state index in [1.54, 1.807) is 6.92 Å². The van der Waals surface area contributed by atoms with Crippen molar-refractivity contribution in [2.45, 2.75) is 32.6 Å². The zero-order valence-electron chi connectivity index (χ0n) is 12.0. The summed E-state index contributed by atoms with van der Waals surface area (Å²) in [5, 5.41) is 0.166. The van der Waals surface area contributed by atoms with E-state index in [1.165, 1.54) is 36.7 Å². The summed E-state index contributed by atoms with van der Waals surface area (Å²) < 4.78 is 0. The van der Waals surface area contributed by atoms with Gasteiger partial charge in [0.1, 0.15) is 0 Å². The van der Waals surface area contributed by atoms with Gasteiger partial charge in [0.25, 0.3) is 0 Å². The zero-order valence-corrected chi connectivity index (χ0v) is 12.8. The maximum atomic E-state index is 10.8. The van der Waals surface area contributed by atoms with Gasteiger partial charge in [-0.2, -0.15) is 0 Å². The fourth-order valence-corrected chi connectivity index (χ4v) is 2.83. The van der Waals surface area contributed by atoms with Gasteiger partial charge >= 0.3 is 0 Å². The first-order valence-electron chi connectivity index (χ1n) is 7.23. The SMILES string of the molecule is CC(=O)SCCC#Cc1cccc(N2CCCCC2)c1. The van der Waals surface area contributed by atoms with Crippen molar-refractivity contribution in [2.75, 3.05) is 23.7 Å². The molecule has 1 aliphatic rings. The second kappa shape index (κ2) is 8.01. The van der Waals surface area contributed by atoms with Crippen LogP contribution in [0.4, 0.5) is 5.69 Å². The number of hydrogen-bond acceptors (Lipinski definition) is 3. The third-order valence-electron chi connectivity index (χ3n) is 3.33. The molecule has 0 unspecified atom stereocenters. The number of thioether (sulfide) groups is 1. The second-order valence-electron chi connectivity index (χ2n) is 4.99. The molecule has 0 radical (unpaired) electrons. The van der Waals surface area contributed by atoms with E-state index in [9.17, 15) is 4.79 Å². The van der Waals surface area contributed by atoms with Crippen LogP contribution in [0.25, 0.3) is 0 Å². The van der Waals surface area contributed by atoms with Gasteiger partial charge in [0.15, 0.2) is 5.12 Å². The van der Waals surface area contributed by atoms with Crippen LogP contribution >= 0.6 is 11.8 Å². The molecule has 0 bridgehead atoms. The average Bonchev–Trinajstić information content (AvgIpc) is 2.48. The lowest BCUT2D eigenvalue weighted by molar-refractivity contribution is -0.109. The van der Waals surface area contributed by atoms with Crippen LogP contribution in [0.5, 0.6) is 0 Å². The highest BCUT2D eigenvalue weighted by Gasteiger charge is 2.10. The van der Waals surface area contributed by atoms with Crippen LogP contribution in [-0.2, 0) is 4.79 Å². The van der Waals surface area contributed by atoms with Gasteiger partial charge in [-0.05, 0) is 37.5 Å². The summed E-state index contributed by atoms with van der Waals surface area (Å²) in [7, 11) is 0. The molecule has 1 fully saturated rings. The third-order valence-corrected chi connectivity index (χ3v) is 4.15. The lowest BCUT2D eigenvalue weighted by atomic mass is 10.1. The molecule has 0 spiro atoms. The Morgan fingerprint density at radius 2 is 2.10 bits per heavy atom. The Labute approximate surface area is 125 Å². The molecule has 0 amide bonds. The van der Waals surface area contributed by atoms with E-state index in [2.05, 4.69) is 41.0 Å². The van der Waals surface area contributed by atoms with Crippen molar-refractivity contribution >= 4 is 22.6 Å². The first-order chi connectivity index (χ1) is 9.75. The minimum absolute atomic E-state index is 0.166. The molecule has 1 aromatic carbocycles. The summed E-state index contributed by atoms with van der Waals surface area (Å²) in [6.45, 7) is 3.92. The van der Waals surface area contributed by atoms with Crippen molar-refractivity contribution in [1.82, 2.24) is 0 Å². The van der Waals surface area contributed by atoms with Crippen LogP contribution in [0.15, 0.2) is 24.3 Å². The molecule has 1 aromatic rings. The van der Waals surface area contributed by atoms with Crippen LogP contribution in [0.1, 0.15) is 38.2 Å². The molecule has 0 saturated carbocycles. The number of benzene rings is 1. The van der Waals surface area contributed by atoms with Crippen molar-refractivity contribution in [3.05, 3.63) is 29.8 Å². The standard InChI is InChI=1S/C17H21NOS/c1-15(19)20-13-6-3-8-16-9-7-10-17(14-16)18-11-4-2-5-12-18/h7,9-10,14H,2,4-6,11-13H2,1H3. The van der Waals surface area contributed by atoms with Crippen molar-refractivity contribution in [2.24, 2.45) is 0 Å². The van der Waals surface area contributed by atoms with Gasteiger partial charge in [-0.3, -0.25) is 4.79 Å². The van der Waals surface area contributed by atoms with Gasteiger partial charge in [0, 0.05) is 43.4 Å². The fraction of sp³-hybridized carbons (Fsp3) is 0.471. The molecular weight excluding hydrogens is 266 g/mol. The monoisotopic (exact) mass is 287 g/mol. The van der Waals surface area contributed by atoms with Crippen molar-refractivity contribution in [3.8, 4) is 11.8 Å². The average molecular weight is 287 g/mol. The summed E-state index contributed by atoms with van der Waals surface area (Å²) in [4.78, 5) is 13.3. The quantitative estimate of drug-likeness (QED) is 0.624. The lowest BCUT2D eigenvalue weighted by Gasteiger charge is -2.28. The van der Waals surface area contributed by atoms with E-state index in [0.29, 0.717) is 0 Å². The topological polar surface area (TPSA) is 20.3 Å². The Hall–Kier alpha value is -1.40. The summed E-state index contributed by atoms with van der Waals surface area (Å²) in [5.41, 5.74) is 2.36. The Morgan fingerprint density at radius 3 is 2.85 bits per heavy atom. The number of rotatable bonds is 3. The summed E-state index contributed by atoms with van der Waals surface area (Å²) >= 11 is 1.34. The lowest BCUT2D eigenvalue weighted by Crippen LogP contribution is -2.29. The molecule has 0 atom stereocenters. The number of carbonyl (C=O) groups is 1. The minimum Gasteiger partial charge on any atom is -0.372 e. The molecule has 3 heteroatoms. The van der Waals surface area contributed by atoms with Gasteiger partial charge in [0.2, 0.25) is 0 Å². The highest BCUT2D eigenvalue weighted by atomic mass is 32.2. The predicted molar refractivity (Wildman–Crippen MR) is 87.1 cm³/mol. The summed E-state index contributed by atoms with van der Waals surface area (Å²) in [5.74, 6) is 7.13. The first kappa shape index (κ1) is 15.0. The van der Waals surface area contributed by atoms with E-state index < -0.39 is 0 Å². The van der Waals surface area contributed by atoms with Crippen molar-refractivity contribution < 1.29 is 4.79 Å². The van der Waals surface area contributed by atoms with Gasteiger partial charge in [0.05, 0.1) is 0 Å². The maximum absolute atomic E-state index is 10.8. The van der Waals surface area contributed by atoms with Gasteiger partial charge < -0.3 is 4.90 Å².